The van der Waals surface area contributed by atoms with Crippen molar-refractivity contribution in [1.82, 2.24) is 4.90 Å². The summed E-state index contributed by atoms with van der Waals surface area (Å²) in [5, 5.41) is 13.3. The zero-order chi connectivity index (χ0) is 15.6. The van der Waals surface area contributed by atoms with Gasteiger partial charge in [0.15, 0.2) is 0 Å². The number of anilines is 1. The number of likely N-dealkylation sites (tertiary alicyclic amines) is 1. The average Bonchev–Trinajstić information content (AvgIpc) is 2.69. The van der Waals surface area contributed by atoms with E-state index in [-0.39, 0.29) is 23.7 Å². The number of carbonyl (C=O) groups is 2. The number of hydrogen-bond donors (Lipinski definition) is 1. The Morgan fingerprint density at radius 1 is 1.48 bits per heavy atom. The molecule has 1 saturated heterocycles. The van der Waals surface area contributed by atoms with Gasteiger partial charge in [-0.2, -0.15) is 0 Å². The van der Waals surface area contributed by atoms with Crippen molar-refractivity contribution in [2.75, 3.05) is 11.9 Å². The fraction of sp³-hybridized carbons (Fsp3) is 0.385. The molecule has 0 radical (unpaired) electrons. The highest BCUT2D eigenvalue weighted by atomic mass is 19.1. The average molecular weight is 295 g/mol. The Bertz CT molecular complexity index is 605. The Morgan fingerprint density at radius 2 is 2.19 bits per heavy atom. The van der Waals surface area contributed by atoms with E-state index in [9.17, 15) is 24.1 Å². The number of halogens is 1. The van der Waals surface area contributed by atoms with Gasteiger partial charge in [0.1, 0.15) is 11.9 Å². The van der Waals surface area contributed by atoms with Crippen LogP contribution >= 0.6 is 0 Å². The smallest absolute Gasteiger partial charge is 0.271 e. The van der Waals surface area contributed by atoms with Crippen LogP contribution in [0.15, 0.2) is 18.2 Å². The number of rotatable bonds is 5. The van der Waals surface area contributed by atoms with Gasteiger partial charge in [0.05, 0.1) is 17.0 Å². The first-order chi connectivity index (χ1) is 9.93. The lowest BCUT2D eigenvalue weighted by atomic mass is 10.2. The minimum atomic E-state index is -0.888. The first kappa shape index (κ1) is 14.9. The van der Waals surface area contributed by atoms with Crippen molar-refractivity contribution in [3.8, 4) is 0 Å². The molecule has 112 valence electrons. The lowest BCUT2D eigenvalue weighted by Crippen LogP contribution is -2.35. The fourth-order valence-electron chi connectivity index (χ4n) is 2.18. The highest BCUT2D eigenvalue weighted by Gasteiger charge is 2.38. The Kier molecular flexibility index (Phi) is 4.15. The number of benzene rings is 1. The van der Waals surface area contributed by atoms with Gasteiger partial charge in [-0.1, -0.05) is 6.92 Å². The molecule has 21 heavy (non-hydrogen) atoms. The van der Waals surface area contributed by atoms with Crippen LogP contribution in [0.4, 0.5) is 15.8 Å². The number of amides is 2. The third-order valence-electron chi connectivity index (χ3n) is 3.18. The van der Waals surface area contributed by atoms with E-state index in [0.717, 1.165) is 23.1 Å². The molecule has 0 aromatic heterocycles. The predicted molar refractivity (Wildman–Crippen MR) is 72.1 cm³/mol. The molecule has 8 heteroatoms. The second-order valence-electron chi connectivity index (χ2n) is 4.71. The first-order valence-corrected chi connectivity index (χ1v) is 6.48. The maximum absolute atomic E-state index is 13.7. The van der Waals surface area contributed by atoms with E-state index < -0.39 is 22.7 Å². The summed E-state index contributed by atoms with van der Waals surface area (Å²) in [7, 11) is 0. The molecule has 0 spiro atoms. The summed E-state index contributed by atoms with van der Waals surface area (Å²) >= 11 is 0. The van der Waals surface area contributed by atoms with Gasteiger partial charge in [0.25, 0.3) is 11.6 Å². The fourth-order valence-corrected chi connectivity index (χ4v) is 2.18. The zero-order valence-corrected chi connectivity index (χ0v) is 11.3. The van der Waals surface area contributed by atoms with Crippen LogP contribution in [-0.4, -0.2) is 34.2 Å². The lowest BCUT2D eigenvalue weighted by Gasteiger charge is -2.15. The monoisotopic (exact) mass is 295 g/mol. The van der Waals surface area contributed by atoms with Gasteiger partial charge in [0.2, 0.25) is 5.91 Å². The van der Waals surface area contributed by atoms with Gasteiger partial charge in [-0.25, -0.2) is 4.39 Å². The largest absolute Gasteiger partial charge is 0.371 e. The molecular formula is C13H14FN3O4. The molecule has 1 atom stereocenters. The van der Waals surface area contributed by atoms with Crippen LogP contribution in [0.1, 0.15) is 19.8 Å². The molecule has 0 bridgehead atoms. The summed E-state index contributed by atoms with van der Waals surface area (Å²) in [6.45, 7) is 2.15. The number of carbonyl (C=O) groups excluding carboxylic acids is 2. The quantitative estimate of drug-likeness (QED) is 0.507. The molecule has 1 unspecified atom stereocenters. The van der Waals surface area contributed by atoms with Gasteiger partial charge < -0.3 is 5.32 Å². The van der Waals surface area contributed by atoms with E-state index >= 15 is 0 Å². The zero-order valence-electron chi connectivity index (χ0n) is 11.3. The molecule has 2 amide bonds. The molecule has 1 aliphatic heterocycles. The third-order valence-corrected chi connectivity index (χ3v) is 3.18. The molecule has 0 saturated carbocycles. The van der Waals surface area contributed by atoms with E-state index in [2.05, 4.69) is 5.32 Å². The van der Waals surface area contributed by atoms with Crippen LogP contribution in [-0.2, 0) is 9.59 Å². The Labute approximate surface area is 119 Å². The predicted octanol–water partition coefficient (Wildman–Crippen LogP) is 1.68. The Morgan fingerprint density at radius 3 is 2.81 bits per heavy atom. The first-order valence-electron chi connectivity index (χ1n) is 6.48. The summed E-state index contributed by atoms with van der Waals surface area (Å²) in [6.07, 6.45) is 0.552. The summed E-state index contributed by atoms with van der Waals surface area (Å²) in [4.78, 5) is 34.9. The molecule has 1 fully saturated rings. The normalized spacial score (nSPS) is 18.2. The van der Waals surface area contributed by atoms with Crippen molar-refractivity contribution in [2.45, 2.75) is 25.8 Å². The van der Waals surface area contributed by atoms with Crippen molar-refractivity contribution in [2.24, 2.45) is 0 Å². The number of nitro groups is 1. The van der Waals surface area contributed by atoms with E-state index in [1.54, 1.807) is 0 Å². The minimum absolute atomic E-state index is 0.0824. The van der Waals surface area contributed by atoms with Gasteiger partial charge in [-0.3, -0.25) is 24.6 Å². The van der Waals surface area contributed by atoms with Crippen molar-refractivity contribution in [3.05, 3.63) is 34.1 Å². The molecule has 2 rings (SSSR count). The number of nitro benzene ring substituents is 1. The lowest BCUT2D eigenvalue weighted by molar-refractivity contribution is -0.384. The molecular weight excluding hydrogens is 281 g/mol. The maximum Gasteiger partial charge on any atom is 0.271 e. The minimum Gasteiger partial charge on any atom is -0.371 e. The molecule has 7 nitrogen and oxygen atoms in total. The van der Waals surface area contributed by atoms with E-state index in [0.29, 0.717) is 13.0 Å². The Balaban J connectivity index is 2.19. The van der Waals surface area contributed by atoms with E-state index in [1.165, 1.54) is 0 Å². The molecule has 1 aromatic carbocycles. The third kappa shape index (κ3) is 2.99. The molecule has 1 aliphatic rings. The number of imide groups is 1. The SMILES string of the molecule is CCCN1C(=O)CC(Nc2cc([N+](=O)[O-])ccc2F)C1=O. The van der Waals surface area contributed by atoms with Crippen molar-refractivity contribution in [1.29, 1.82) is 0 Å². The Hall–Kier alpha value is -2.51. The van der Waals surface area contributed by atoms with Gasteiger partial charge in [0, 0.05) is 18.7 Å². The second-order valence-corrected chi connectivity index (χ2v) is 4.71. The van der Waals surface area contributed by atoms with Crippen LogP contribution in [0.2, 0.25) is 0 Å². The van der Waals surface area contributed by atoms with E-state index in [1.807, 2.05) is 6.92 Å². The highest BCUT2D eigenvalue weighted by Crippen LogP contribution is 2.24. The number of nitrogens with zero attached hydrogens (tertiary/aromatic N) is 2. The van der Waals surface area contributed by atoms with E-state index in [4.69, 9.17) is 0 Å². The molecule has 1 aromatic rings. The van der Waals surface area contributed by atoms with Gasteiger partial charge in [-0.15, -0.1) is 0 Å². The molecule has 1 N–H and O–H groups in total. The number of non-ortho nitro benzene ring substituents is 1. The second kappa shape index (κ2) is 5.86. The number of nitrogens with one attached hydrogen (secondary N) is 1. The summed E-state index contributed by atoms with van der Waals surface area (Å²) in [5.74, 6) is -1.48. The number of hydrogen-bond acceptors (Lipinski definition) is 5. The summed E-state index contributed by atoms with van der Waals surface area (Å²) < 4.78 is 13.7. The van der Waals surface area contributed by atoms with Crippen molar-refractivity contribution in [3.63, 3.8) is 0 Å². The van der Waals surface area contributed by atoms with Crippen LogP contribution < -0.4 is 5.32 Å². The van der Waals surface area contributed by atoms with Crippen LogP contribution in [0.25, 0.3) is 0 Å². The van der Waals surface area contributed by atoms with Gasteiger partial charge in [-0.05, 0) is 12.5 Å². The molecule has 1 heterocycles. The highest BCUT2D eigenvalue weighted by molar-refractivity contribution is 6.06. The summed E-state index contributed by atoms with van der Waals surface area (Å²) in [6, 6.07) is 2.10. The van der Waals surface area contributed by atoms with Gasteiger partial charge >= 0.3 is 0 Å². The topological polar surface area (TPSA) is 92.6 Å². The summed E-state index contributed by atoms with van der Waals surface area (Å²) in [5.41, 5.74) is -0.449. The molecule has 0 aliphatic carbocycles. The van der Waals surface area contributed by atoms with Crippen LogP contribution in [0.3, 0.4) is 0 Å². The maximum atomic E-state index is 13.7. The van der Waals surface area contributed by atoms with Crippen molar-refractivity contribution < 1.29 is 18.9 Å². The standard InChI is InChI=1S/C13H14FN3O4/c1-2-5-16-12(18)7-11(13(16)19)15-10-6-8(17(20)21)3-4-9(10)14/h3-4,6,11,15H,2,5,7H2,1H3. The van der Waals surface area contributed by atoms with Crippen LogP contribution in [0.5, 0.6) is 0 Å². The van der Waals surface area contributed by atoms with Crippen LogP contribution in [0, 0.1) is 15.9 Å². The van der Waals surface area contributed by atoms with Crippen molar-refractivity contribution >= 4 is 23.2 Å².